The smallest absolute Gasteiger partial charge is 0.249 e. The van der Waals surface area contributed by atoms with Gasteiger partial charge < -0.3 is 5.73 Å². The molecule has 0 atom stereocenters. The Labute approximate surface area is 76.2 Å². The maximum Gasteiger partial charge on any atom is 0.249 e. The van der Waals surface area contributed by atoms with E-state index in [2.05, 4.69) is 0 Å². The topological polar surface area (TPSA) is 43.1 Å². The zero-order valence-corrected chi connectivity index (χ0v) is 7.73. The molecule has 1 rings (SSSR count). The van der Waals surface area contributed by atoms with Crippen LogP contribution < -0.4 is 5.73 Å². The van der Waals surface area contributed by atoms with E-state index >= 15 is 0 Å². The van der Waals surface area contributed by atoms with Gasteiger partial charge >= 0.3 is 0 Å². The van der Waals surface area contributed by atoms with Crippen LogP contribution in [-0.4, -0.2) is 12.2 Å². The van der Waals surface area contributed by atoms with Crippen LogP contribution in [0.4, 0.5) is 0 Å². The standard InChI is InChI=1S/C9H11NOS/c1-12-6-7-4-2-3-5-8(7)9(10)11/h2-5H,6H2,1H3,(H2,10,11). The molecule has 0 heterocycles. The molecule has 0 unspecified atom stereocenters. The fraction of sp³-hybridized carbons (Fsp3) is 0.222. The van der Waals surface area contributed by atoms with Crippen molar-refractivity contribution < 1.29 is 4.79 Å². The third-order valence-corrected chi connectivity index (χ3v) is 2.18. The van der Waals surface area contributed by atoms with Gasteiger partial charge in [0.05, 0.1) is 0 Å². The van der Waals surface area contributed by atoms with Crippen molar-refractivity contribution in [2.24, 2.45) is 5.73 Å². The van der Waals surface area contributed by atoms with Crippen LogP contribution in [0.5, 0.6) is 0 Å². The largest absolute Gasteiger partial charge is 0.366 e. The first kappa shape index (κ1) is 9.13. The van der Waals surface area contributed by atoms with Crippen LogP contribution in [-0.2, 0) is 5.75 Å². The SMILES string of the molecule is CSCc1ccccc1C(N)=O. The number of hydrogen-bond donors (Lipinski definition) is 1. The minimum absolute atomic E-state index is 0.348. The maximum absolute atomic E-state index is 10.9. The number of primary amides is 1. The summed E-state index contributed by atoms with van der Waals surface area (Å²) in [5.74, 6) is 0.485. The summed E-state index contributed by atoms with van der Waals surface area (Å²) in [6.07, 6.45) is 2.00. The highest BCUT2D eigenvalue weighted by Gasteiger charge is 2.04. The van der Waals surface area contributed by atoms with Crippen LogP contribution in [0, 0.1) is 0 Å². The molecule has 0 saturated carbocycles. The van der Waals surface area contributed by atoms with Crippen LogP contribution in [0.3, 0.4) is 0 Å². The second-order valence-electron chi connectivity index (χ2n) is 2.45. The molecule has 1 aromatic rings. The molecule has 2 N–H and O–H groups in total. The summed E-state index contributed by atoms with van der Waals surface area (Å²) in [6, 6.07) is 7.42. The number of benzene rings is 1. The van der Waals surface area contributed by atoms with E-state index in [4.69, 9.17) is 5.73 Å². The molecule has 0 aromatic heterocycles. The minimum atomic E-state index is -0.348. The first-order valence-electron chi connectivity index (χ1n) is 3.62. The zero-order chi connectivity index (χ0) is 8.97. The van der Waals surface area contributed by atoms with Gasteiger partial charge in [-0.3, -0.25) is 4.79 Å². The van der Waals surface area contributed by atoms with Crippen molar-refractivity contribution >= 4 is 17.7 Å². The molecule has 64 valence electrons. The van der Waals surface area contributed by atoms with Crippen molar-refractivity contribution in [3.63, 3.8) is 0 Å². The summed E-state index contributed by atoms with van der Waals surface area (Å²) >= 11 is 1.68. The van der Waals surface area contributed by atoms with E-state index in [0.29, 0.717) is 5.56 Å². The molecule has 0 aliphatic heterocycles. The summed E-state index contributed by atoms with van der Waals surface area (Å²) in [5, 5.41) is 0. The Kier molecular flexibility index (Phi) is 3.17. The predicted octanol–water partition coefficient (Wildman–Crippen LogP) is 1.65. The number of nitrogens with two attached hydrogens (primary N) is 1. The highest BCUT2D eigenvalue weighted by molar-refractivity contribution is 7.97. The number of rotatable bonds is 3. The van der Waals surface area contributed by atoms with Crippen LogP contribution in [0.2, 0.25) is 0 Å². The van der Waals surface area contributed by atoms with Crippen molar-refractivity contribution in [1.82, 2.24) is 0 Å². The predicted molar refractivity (Wildman–Crippen MR) is 52.2 cm³/mol. The molecule has 1 amide bonds. The maximum atomic E-state index is 10.9. The Bertz CT molecular complexity index is 286. The average Bonchev–Trinajstić information content (AvgIpc) is 2.05. The molecule has 2 nitrogen and oxygen atoms in total. The average molecular weight is 181 g/mol. The molecule has 0 saturated heterocycles. The van der Waals surface area contributed by atoms with Gasteiger partial charge in [-0.05, 0) is 17.9 Å². The number of thioether (sulfide) groups is 1. The quantitative estimate of drug-likeness (QED) is 0.770. The van der Waals surface area contributed by atoms with Gasteiger partial charge in [0.25, 0.3) is 0 Å². The molecule has 0 spiro atoms. The summed E-state index contributed by atoms with van der Waals surface area (Å²) in [6.45, 7) is 0. The molecule has 0 bridgehead atoms. The van der Waals surface area contributed by atoms with Crippen molar-refractivity contribution in [3.05, 3.63) is 35.4 Å². The Morgan fingerprint density at radius 3 is 2.75 bits per heavy atom. The normalized spacial score (nSPS) is 9.75. The summed E-state index contributed by atoms with van der Waals surface area (Å²) in [7, 11) is 0. The summed E-state index contributed by atoms with van der Waals surface area (Å²) < 4.78 is 0. The van der Waals surface area contributed by atoms with Crippen molar-refractivity contribution in [1.29, 1.82) is 0 Å². The third-order valence-electron chi connectivity index (χ3n) is 1.58. The second kappa shape index (κ2) is 4.16. The lowest BCUT2D eigenvalue weighted by atomic mass is 10.1. The van der Waals surface area contributed by atoms with Gasteiger partial charge in [0.1, 0.15) is 0 Å². The van der Waals surface area contributed by atoms with Crippen molar-refractivity contribution in [2.75, 3.05) is 6.26 Å². The number of amides is 1. The number of carbonyl (C=O) groups excluding carboxylic acids is 1. The minimum Gasteiger partial charge on any atom is -0.366 e. The van der Waals surface area contributed by atoms with E-state index in [9.17, 15) is 4.79 Å². The molecule has 0 fully saturated rings. The third kappa shape index (κ3) is 2.01. The Hall–Kier alpha value is -0.960. The molecular weight excluding hydrogens is 170 g/mol. The van der Waals surface area contributed by atoms with E-state index in [1.807, 2.05) is 24.5 Å². The van der Waals surface area contributed by atoms with Crippen LogP contribution in [0.15, 0.2) is 24.3 Å². The fourth-order valence-corrected chi connectivity index (χ4v) is 1.60. The molecule has 0 aliphatic rings. The molecule has 0 aliphatic carbocycles. The zero-order valence-electron chi connectivity index (χ0n) is 6.91. The summed E-state index contributed by atoms with van der Waals surface area (Å²) in [5.41, 5.74) is 6.84. The summed E-state index contributed by atoms with van der Waals surface area (Å²) in [4.78, 5) is 10.9. The molecule has 3 heteroatoms. The Balaban J connectivity index is 3.00. The van der Waals surface area contributed by atoms with E-state index in [0.717, 1.165) is 11.3 Å². The van der Waals surface area contributed by atoms with Crippen LogP contribution in [0.1, 0.15) is 15.9 Å². The van der Waals surface area contributed by atoms with Gasteiger partial charge in [-0.15, -0.1) is 0 Å². The number of hydrogen-bond acceptors (Lipinski definition) is 2. The first-order chi connectivity index (χ1) is 5.75. The van der Waals surface area contributed by atoms with E-state index < -0.39 is 0 Å². The van der Waals surface area contributed by atoms with Gasteiger partial charge in [0.15, 0.2) is 0 Å². The lowest BCUT2D eigenvalue weighted by Gasteiger charge is -2.03. The van der Waals surface area contributed by atoms with Gasteiger partial charge in [-0.25, -0.2) is 0 Å². The highest BCUT2D eigenvalue weighted by Crippen LogP contribution is 2.13. The van der Waals surface area contributed by atoms with Crippen molar-refractivity contribution in [3.8, 4) is 0 Å². The highest BCUT2D eigenvalue weighted by atomic mass is 32.2. The molecule has 12 heavy (non-hydrogen) atoms. The van der Waals surface area contributed by atoms with Gasteiger partial charge in [-0.1, -0.05) is 18.2 Å². The lowest BCUT2D eigenvalue weighted by Crippen LogP contribution is -2.13. The van der Waals surface area contributed by atoms with E-state index in [1.165, 1.54) is 0 Å². The Morgan fingerprint density at radius 2 is 2.17 bits per heavy atom. The molecule has 1 aromatic carbocycles. The molecule has 0 radical (unpaired) electrons. The van der Waals surface area contributed by atoms with E-state index in [1.54, 1.807) is 17.8 Å². The fourth-order valence-electron chi connectivity index (χ4n) is 1.04. The van der Waals surface area contributed by atoms with Gasteiger partial charge in [0, 0.05) is 11.3 Å². The monoisotopic (exact) mass is 181 g/mol. The van der Waals surface area contributed by atoms with Crippen molar-refractivity contribution in [2.45, 2.75) is 5.75 Å². The van der Waals surface area contributed by atoms with Gasteiger partial charge in [-0.2, -0.15) is 11.8 Å². The second-order valence-corrected chi connectivity index (χ2v) is 3.32. The lowest BCUT2D eigenvalue weighted by molar-refractivity contribution is 0.0999. The van der Waals surface area contributed by atoms with Crippen LogP contribution in [0.25, 0.3) is 0 Å². The van der Waals surface area contributed by atoms with E-state index in [-0.39, 0.29) is 5.91 Å². The number of carbonyl (C=O) groups is 1. The Morgan fingerprint density at radius 1 is 1.50 bits per heavy atom. The van der Waals surface area contributed by atoms with Gasteiger partial charge in [0.2, 0.25) is 5.91 Å². The molecular formula is C9H11NOS. The van der Waals surface area contributed by atoms with Crippen LogP contribution >= 0.6 is 11.8 Å². The first-order valence-corrected chi connectivity index (χ1v) is 5.01.